The molecule has 1 amide bonds. The molecule has 0 unspecified atom stereocenters. The van der Waals surface area contributed by atoms with Crippen molar-refractivity contribution in [3.8, 4) is 17.0 Å². The molecule has 4 atom stereocenters. The van der Waals surface area contributed by atoms with Gasteiger partial charge in [0.1, 0.15) is 12.1 Å². The molecule has 1 N–H and O–H groups in total. The van der Waals surface area contributed by atoms with Crippen molar-refractivity contribution in [1.29, 1.82) is 0 Å². The van der Waals surface area contributed by atoms with Gasteiger partial charge >= 0.3 is 0 Å². The van der Waals surface area contributed by atoms with Crippen molar-refractivity contribution in [2.24, 2.45) is 23.2 Å². The van der Waals surface area contributed by atoms with E-state index in [4.69, 9.17) is 4.74 Å². The summed E-state index contributed by atoms with van der Waals surface area (Å²) in [7, 11) is 1.65. The highest BCUT2D eigenvalue weighted by Gasteiger charge is 2.64. The summed E-state index contributed by atoms with van der Waals surface area (Å²) in [5, 5.41) is 7.70. The van der Waals surface area contributed by atoms with E-state index in [1.807, 2.05) is 37.3 Å². The number of nitrogens with one attached hydrogen (secondary N) is 1. The summed E-state index contributed by atoms with van der Waals surface area (Å²) in [4.78, 5) is 22.2. The van der Waals surface area contributed by atoms with Crippen LogP contribution in [0.2, 0.25) is 0 Å². The van der Waals surface area contributed by atoms with Crippen LogP contribution in [0.5, 0.6) is 5.75 Å². The van der Waals surface area contributed by atoms with E-state index in [0.717, 1.165) is 23.4 Å². The van der Waals surface area contributed by atoms with Gasteiger partial charge in [0.15, 0.2) is 11.5 Å². The van der Waals surface area contributed by atoms with Crippen LogP contribution in [-0.4, -0.2) is 32.6 Å². The molecule has 3 aliphatic carbocycles. The Hall–Kier alpha value is -3.22. The highest BCUT2D eigenvalue weighted by molar-refractivity contribution is 5.81. The van der Waals surface area contributed by atoms with Crippen molar-refractivity contribution < 1.29 is 9.53 Å². The molecule has 7 heteroatoms. The second-order valence-corrected chi connectivity index (χ2v) is 9.10. The molecule has 2 bridgehead atoms. The summed E-state index contributed by atoms with van der Waals surface area (Å²) in [5.74, 6) is 2.63. The Morgan fingerprint density at radius 2 is 2.06 bits per heavy atom. The predicted molar refractivity (Wildman–Crippen MR) is 115 cm³/mol. The van der Waals surface area contributed by atoms with Crippen molar-refractivity contribution in [2.75, 3.05) is 7.11 Å². The molecule has 31 heavy (non-hydrogen) atoms. The number of hydrogen-bond acceptors (Lipinski definition) is 5. The number of fused-ring (bicyclic) bond motifs is 1. The Morgan fingerprint density at radius 3 is 2.77 bits per heavy atom. The van der Waals surface area contributed by atoms with Gasteiger partial charge in [-0.3, -0.25) is 4.79 Å². The monoisotopic (exact) mass is 415 g/mol. The Kier molecular flexibility index (Phi) is 3.97. The van der Waals surface area contributed by atoms with Crippen molar-refractivity contribution >= 4 is 11.6 Å². The van der Waals surface area contributed by atoms with Crippen LogP contribution in [-0.2, 0) is 4.79 Å². The van der Waals surface area contributed by atoms with E-state index in [0.29, 0.717) is 28.7 Å². The minimum Gasteiger partial charge on any atom is -0.497 e. The van der Waals surface area contributed by atoms with Gasteiger partial charge in [-0.1, -0.05) is 12.2 Å². The number of aromatic nitrogens is 4. The maximum atomic E-state index is 13.0. The van der Waals surface area contributed by atoms with Crippen LogP contribution in [0.15, 0.2) is 48.8 Å². The zero-order chi connectivity index (χ0) is 21.2. The number of allylic oxidation sites excluding steroid dienone is 2. The number of hydrogen-bond donors (Lipinski definition) is 1. The Labute approximate surface area is 180 Å². The van der Waals surface area contributed by atoms with Gasteiger partial charge in [0, 0.05) is 17.5 Å². The van der Waals surface area contributed by atoms with E-state index >= 15 is 0 Å². The molecule has 6 rings (SSSR count). The number of nitrogens with zero attached hydrogens (tertiary/aromatic N) is 4. The standard InChI is InChI=1S/C24H25N5O2/c1-14(26-23(30)18-11-16-5-8-19(18)24(16)9-10-24)22-27-21-12-20(25-13-29(21)28-22)15-3-6-17(31-2)7-4-15/h3-8,12-14,16,18-19H,9-11H2,1-2H3,(H,26,30)/t14-,16-,18+,19-/m0/s1. The molecular weight excluding hydrogens is 390 g/mol. The van der Waals surface area contributed by atoms with Crippen LogP contribution >= 0.6 is 0 Å². The number of benzene rings is 1. The summed E-state index contributed by atoms with van der Waals surface area (Å²) >= 11 is 0. The van der Waals surface area contributed by atoms with Gasteiger partial charge in [-0.2, -0.15) is 0 Å². The van der Waals surface area contributed by atoms with Crippen LogP contribution in [0.25, 0.3) is 16.9 Å². The maximum absolute atomic E-state index is 13.0. The van der Waals surface area contributed by atoms with Gasteiger partial charge < -0.3 is 10.1 Å². The van der Waals surface area contributed by atoms with E-state index in [1.54, 1.807) is 18.0 Å². The topological polar surface area (TPSA) is 81.4 Å². The smallest absolute Gasteiger partial charge is 0.224 e. The predicted octanol–water partition coefficient (Wildman–Crippen LogP) is 3.58. The molecule has 3 aliphatic rings. The first-order valence-corrected chi connectivity index (χ1v) is 10.9. The first-order valence-electron chi connectivity index (χ1n) is 10.9. The van der Waals surface area contributed by atoms with Gasteiger partial charge in [0.05, 0.1) is 18.8 Å². The normalized spacial score (nSPS) is 25.8. The molecule has 0 saturated heterocycles. The van der Waals surface area contributed by atoms with Crippen LogP contribution < -0.4 is 10.1 Å². The fourth-order valence-corrected chi connectivity index (χ4v) is 5.57. The first-order chi connectivity index (χ1) is 15.1. The molecular formula is C24H25N5O2. The Morgan fingerprint density at radius 1 is 1.26 bits per heavy atom. The number of ether oxygens (including phenoxy) is 1. The molecule has 2 saturated carbocycles. The summed E-state index contributed by atoms with van der Waals surface area (Å²) < 4.78 is 6.88. The zero-order valence-corrected chi connectivity index (χ0v) is 17.7. The van der Waals surface area contributed by atoms with E-state index in [-0.39, 0.29) is 17.9 Å². The summed E-state index contributed by atoms with van der Waals surface area (Å²) in [6.07, 6.45) is 9.80. The summed E-state index contributed by atoms with van der Waals surface area (Å²) in [6, 6.07) is 9.40. The third-order valence-electron chi connectivity index (χ3n) is 7.44. The number of carbonyl (C=O) groups excluding carboxylic acids is 1. The summed E-state index contributed by atoms with van der Waals surface area (Å²) in [6.45, 7) is 1.94. The lowest BCUT2D eigenvalue weighted by molar-refractivity contribution is -0.126. The Bertz CT molecular complexity index is 1190. The lowest BCUT2D eigenvalue weighted by Gasteiger charge is -2.21. The molecule has 1 aromatic carbocycles. The van der Waals surface area contributed by atoms with E-state index in [1.165, 1.54) is 12.8 Å². The fraction of sp³-hybridized carbons (Fsp3) is 0.417. The molecule has 0 radical (unpaired) electrons. The second kappa shape index (κ2) is 6.64. The quantitative estimate of drug-likeness (QED) is 0.644. The second-order valence-electron chi connectivity index (χ2n) is 9.10. The SMILES string of the molecule is COc1ccc(-c2cc3nc([C@H](C)NC(=O)[C@@H]4C[C@@H]5C=C[C@@H]4C54CC4)nn3cn2)cc1. The average molecular weight is 415 g/mol. The number of rotatable bonds is 5. The van der Waals surface area contributed by atoms with E-state index in [2.05, 4.69) is 32.5 Å². The summed E-state index contributed by atoms with van der Waals surface area (Å²) in [5.41, 5.74) is 2.91. The zero-order valence-electron chi connectivity index (χ0n) is 17.7. The number of amides is 1. The van der Waals surface area contributed by atoms with Crippen LogP contribution in [0.3, 0.4) is 0 Å². The molecule has 2 aromatic heterocycles. The van der Waals surface area contributed by atoms with Crippen molar-refractivity contribution in [3.63, 3.8) is 0 Å². The van der Waals surface area contributed by atoms with E-state index in [9.17, 15) is 4.79 Å². The number of methoxy groups -OCH3 is 1. The maximum Gasteiger partial charge on any atom is 0.224 e. The molecule has 7 nitrogen and oxygen atoms in total. The molecule has 3 aromatic rings. The highest BCUT2D eigenvalue weighted by Crippen LogP contribution is 2.70. The molecule has 158 valence electrons. The molecule has 2 fully saturated rings. The van der Waals surface area contributed by atoms with Crippen LogP contribution in [0.4, 0.5) is 0 Å². The van der Waals surface area contributed by atoms with Crippen LogP contribution in [0.1, 0.15) is 38.1 Å². The first kappa shape index (κ1) is 18.5. The molecule has 0 aliphatic heterocycles. The minimum absolute atomic E-state index is 0.0836. The van der Waals surface area contributed by atoms with Crippen molar-refractivity contribution in [1.82, 2.24) is 24.9 Å². The molecule has 2 heterocycles. The number of carbonyl (C=O) groups is 1. The minimum atomic E-state index is -0.255. The lowest BCUT2D eigenvalue weighted by Crippen LogP contribution is -2.35. The third-order valence-corrected chi connectivity index (χ3v) is 7.44. The lowest BCUT2D eigenvalue weighted by atomic mass is 9.88. The van der Waals surface area contributed by atoms with Crippen LogP contribution in [0, 0.1) is 23.2 Å². The molecule has 1 spiro atoms. The van der Waals surface area contributed by atoms with Gasteiger partial charge in [-0.05, 0) is 67.7 Å². The Balaban J connectivity index is 1.19. The highest BCUT2D eigenvalue weighted by atomic mass is 16.5. The van der Waals surface area contributed by atoms with Crippen molar-refractivity contribution in [3.05, 3.63) is 54.6 Å². The third kappa shape index (κ3) is 2.86. The van der Waals surface area contributed by atoms with Crippen molar-refractivity contribution in [2.45, 2.75) is 32.2 Å². The fourth-order valence-electron chi connectivity index (χ4n) is 5.57. The van der Waals surface area contributed by atoms with Gasteiger partial charge in [0.2, 0.25) is 5.91 Å². The average Bonchev–Trinajstić information content (AvgIpc) is 3.25. The van der Waals surface area contributed by atoms with Gasteiger partial charge in [-0.15, -0.1) is 5.10 Å². The van der Waals surface area contributed by atoms with E-state index < -0.39 is 0 Å². The van der Waals surface area contributed by atoms with Gasteiger partial charge in [0.25, 0.3) is 0 Å². The van der Waals surface area contributed by atoms with Gasteiger partial charge in [-0.25, -0.2) is 14.5 Å². The largest absolute Gasteiger partial charge is 0.497 e.